The predicted octanol–water partition coefficient (Wildman–Crippen LogP) is 1.44. The molecule has 3 aromatic rings. The number of ether oxygens (including phenoxy) is 1. The molecule has 1 fully saturated rings. The highest BCUT2D eigenvalue weighted by atomic mass is 127. The number of piperidine rings is 1. The molecule has 8 heteroatoms. The SMILES string of the molecule is C[N+]1(CCNC(=O)c2nccc(-c3ccc(Oc4ccc(F)cc4)cc3)n2)CCCCC1.[I-]. The third-order valence-corrected chi connectivity index (χ3v) is 5.89. The van der Waals surface area contributed by atoms with E-state index in [9.17, 15) is 9.18 Å². The monoisotopic (exact) mass is 562 g/mol. The van der Waals surface area contributed by atoms with E-state index in [1.54, 1.807) is 24.4 Å². The third-order valence-electron chi connectivity index (χ3n) is 5.89. The summed E-state index contributed by atoms with van der Waals surface area (Å²) in [4.78, 5) is 21.1. The highest BCUT2D eigenvalue weighted by molar-refractivity contribution is 5.90. The maximum Gasteiger partial charge on any atom is 0.289 e. The van der Waals surface area contributed by atoms with Gasteiger partial charge in [0.15, 0.2) is 0 Å². The summed E-state index contributed by atoms with van der Waals surface area (Å²) in [7, 11) is 2.26. The highest BCUT2D eigenvalue weighted by Crippen LogP contribution is 2.25. The van der Waals surface area contributed by atoms with E-state index in [1.807, 2.05) is 24.3 Å². The van der Waals surface area contributed by atoms with Crippen molar-refractivity contribution in [3.8, 4) is 22.8 Å². The van der Waals surface area contributed by atoms with Crippen LogP contribution in [0.15, 0.2) is 60.8 Å². The summed E-state index contributed by atoms with van der Waals surface area (Å²) in [6.07, 6.45) is 5.41. The number of carbonyl (C=O) groups is 1. The Balaban J connectivity index is 0.00000306. The number of nitrogens with zero attached hydrogens (tertiary/aromatic N) is 3. The molecule has 2 heterocycles. The van der Waals surface area contributed by atoms with Crippen LogP contribution in [0.1, 0.15) is 29.9 Å². The van der Waals surface area contributed by atoms with Crippen molar-refractivity contribution in [3.63, 3.8) is 0 Å². The Morgan fingerprint density at radius 2 is 1.64 bits per heavy atom. The number of halogens is 2. The van der Waals surface area contributed by atoms with Crippen LogP contribution in [0.25, 0.3) is 11.3 Å². The quantitative estimate of drug-likeness (QED) is 0.350. The predicted molar refractivity (Wildman–Crippen MR) is 121 cm³/mol. The molecule has 2 aromatic carbocycles. The van der Waals surface area contributed by atoms with Crippen LogP contribution < -0.4 is 34.0 Å². The maximum atomic E-state index is 13.0. The minimum Gasteiger partial charge on any atom is -1.00 e. The van der Waals surface area contributed by atoms with Gasteiger partial charge in [-0.25, -0.2) is 14.4 Å². The van der Waals surface area contributed by atoms with Gasteiger partial charge in [0.25, 0.3) is 5.91 Å². The lowest BCUT2D eigenvalue weighted by atomic mass is 10.1. The van der Waals surface area contributed by atoms with Crippen molar-refractivity contribution in [2.24, 2.45) is 0 Å². The van der Waals surface area contributed by atoms with Gasteiger partial charge in [0.1, 0.15) is 17.3 Å². The van der Waals surface area contributed by atoms with E-state index in [2.05, 4.69) is 22.3 Å². The molecule has 0 atom stereocenters. The second-order valence-corrected chi connectivity index (χ2v) is 8.45. The molecule has 4 rings (SSSR count). The van der Waals surface area contributed by atoms with Crippen molar-refractivity contribution in [2.45, 2.75) is 19.3 Å². The van der Waals surface area contributed by atoms with Gasteiger partial charge in [-0.15, -0.1) is 0 Å². The molecule has 174 valence electrons. The van der Waals surface area contributed by atoms with E-state index >= 15 is 0 Å². The van der Waals surface area contributed by atoms with Crippen LogP contribution in [0.5, 0.6) is 11.5 Å². The van der Waals surface area contributed by atoms with E-state index in [-0.39, 0.29) is 41.5 Å². The molecule has 33 heavy (non-hydrogen) atoms. The zero-order valence-electron chi connectivity index (χ0n) is 18.6. The topological polar surface area (TPSA) is 64.1 Å². The van der Waals surface area contributed by atoms with Gasteiger partial charge in [-0.2, -0.15) is 0 Å². The first kappa shape index (κ1) is 25.0. The summed E-state index contributed by atoms with van der Waals surface area (Å²) in [5.41, 5.74) is 1.51. The first-order valence-electron chi connectivity index (χ1n) is 11.0. The van der Waals surface area contributed by atoms with Crippen LogP contribution in [0, 0.1) is 5.82 Å². The van der Waals surface area contributed by atoms with Gasteiger partial charge in [-0.1, -0.05) is 0 Å². The first-order valence-corrected chi connectivity index (χ1v) is 11.0. The molecule has 1 amide bonds. The van der Waals surface area contributed by atoms with Crippen LogP contribution in [0.4, 0.5) is 4.39 Å². The molecule has 0 spiro atoms. The lowest BCUT2D eigenvalue weighted by molar-refractivity contribution is -0.912. The van der Waals surface area contributed by atoms with Gasteiger partial charge in [0.2, 0.25) is 5.82 Å². The molecule has 0 saturated carbocycles. The van der Waals surface area contributed by atoms with Gasteiger partial charge >= 0.3 is 0 Å². The van der Waals surface area contributed by atoms with Crippen molar-refractivity contribution in [2.75, 3.05) is 33.2 Å². The maximum absolute atomic E-state index is 13.0. The molecular formula is C25H28FIN4O2. The van der Waals surface area contributed by atoms with Crippen LogP contribution in [0.2, 0.25) is 0 Å². The largest absolute Gasteiger partial charge is 1.00 e. The fourth-order valence-corrected chi connectivity index (χ4v) is 3.98. The smallest absolute Gasteiger partial charge is 0.289 e. The molecule has 0 radical (unpaired) electrons. The van der Waals surface area contributed by atoms with Gasteiger partial charge in [-0.05, 0) is 73.9 Å². The lowest BCUT2D eigenvalue weighted by Crippen LogP contribution is -3.00. The summed E-state index contributed by atoms with van der Waals surface area (Å²) in [6.45, 7) is 3.87. The minimum atomic E-state index is -0.307. The van der Waals surface area contributed by atoms with Crippen LogP contribution in [-0.2, 0) is 0 Å². The standard InChI is InChI=1S/C25H27FN4O2.HI/c1-30(16-3-2-4-17-30)18-15-28-25(31)24-27-14-13-23(29-24)19-5-9-21(10-6-19)32-22-11-7-20(26)8-12-22;/h5-14H,2-4,15-18H2,1H3;1H. The van der Waals surface area contributed by atoms with Gasteiger partial charge < -0.3 is 38.5 Å². The average Bonchev–Trinajstić information content (AvgIpc) is 2.81. The number of hydrogen-bond donors (Lipinski definition) is 1. The Labute approximate surface area is 210 Å². The van der Waals surface area contributed by atoms with Crippen molar-refractivity contribution in [1.29, 1.82) is 0 Å². The van der Waals surface area contributed by atoms with E-state index in [0.717, 1.165) is 16.6 Å². The van der Waals surface area contributed by atoms with E-state index < -0.39 is 0 Å². The Hall–Kier alpha value is -2.59. The van der Waals surface area contributed by atoms with Gasteiger partial charge in [0.05, 0.1) is 38.9 Å². The Morgan fingerprint density at radius 3 is 2.30 bits per heavy atom. The molecule has 6 nitrogen and oxygen atoms in total. The van der Waals surface area contributed by atoms with E-state index in [4.69, 9.17) is 4.74 Å². The number of rotatable bonds is 7. The molecule has 0 unspecified atom stereocenters. The Bertz CT molecular complexity index is 1050. The van der Waals surface area contributed by atoms with Crippen LogP contribution in [-0.4, -0.2) is 53.6 Å². The number of aromatic nitrogens is 2. The zero-order chi connectivity index (χ0) is 22.4. The summed E-state index contributed by atoms with van der Waals surface area (Å²) in [5, 5.41) is 2.96. The van der Waals surface area contributed by atoms with Crippen molar-refractivity contribution in [3.05, 3.63) is 72.4 Å². The molecule has 0 aliphatic carbocycles. The summed E-state index contributed by atoms with van der Waals surface area (Å²) in [6, 6.07) is 15.0. The zero-order valence-corrected chi connectivity index (χ0v) is 20.8. The number of carbonyl (C=O) groups excluding carboxylic acids is 1. The van der Waals surface area contributed by atoms with Crippen LogP contribution in [0.3, 0.4) is 0 Å². The van der Waals surface area contributed by atoms with Gasteiger partial charge in [-0.3, -0.25) is 4.79 Å². The fourth-order valence-electron chi connectivity index (χ4n) is 3.98. The fraction of sp³-hybridized carbons (Fsp3) is 0.320. The highest BCUT2D eigenvalue weighted by Gasteiger charge is 2.24. The number of quaternary nitrogens is 1. The average molecular weight is 562 g/mol. The number of benzene rings is 2. The van der Waals surface area contributed by atoms with E-state index in [1.165, 1.54) is 44.5 Å². The van der Waals surface area contributed by atoms with E-state index in [0.29, 0.717) is 23.7 Å². The first-order chi connectivity index (χ1) is 15.5. The van der Waals surface area contributed by atoms with Crippen LogP contribution >= 0.6 is 0 Å². The molecule has 1 aliphatic rings. The lowest BCUT2D eigenvalue weighted by Gasteiger charge is -2.37. The third kappa shape index (κ3) is 6.94. The number of likely N-dealkylation sites (N-methyl/N-ethyl adjacent to an activating group) is 1. The van der Waals surface area contributed by atoms with Crippen molar-refractivity contribution in [1.82, 2.24) is 15.3 Å². The number of hydrogen-bond acceptors (Lipinski definition) is 4. The summed E-state index contributed by atoms with van der Waals surface area (Å²) in [5.74, 6) is 0.781. The Kier molecular flexibility index (Phi) is 8.74. The number of nitrogens with one attached hydrogen (secondary N) is 1. The molecule has 1 aliphatic heterocycles. The van der Waals surface area contributed by atoms with Crippen molar-refractivity contribution >= 4 is 5.91 Å². The Morgan fingerprint density at radius 1 is 1.00 bits per heavy atom. The van der Waals surface area contributed by atoms with Crippen molar-refractivity contribution < 1.29 is 42.4 Å². The normalized spacial score (nSPS) is 14.7. The molecule has 1 saturated heterocycles. The van der Waals surface area contributed by atoms with Gasteiger partial charge in [0, 0.05) is 11.8 Å². The number of amides is 1. The number of likely N-dealkylation sites (tertiary alicyclic amines) is 1. The second kappa shape index (κ2) is 11.5. The second-order valence-electron chi connectivity index (χ2n) is 8.45. The molecule has 1 aromatic heterocycles. The molecular weight excluding hydrogens is 534 g/mol. The summed E-state index contributed by atoms with van der Waals surface area (Å²) >= 11 is 0. The summed E-state index contributed by atoms with van der Waals surface area (Å²) < 4.78 is 19.8. The molecule has 0 bridgehead atoms. The molecule has 1 N–H and O–H groups in total. The minimum absolute atomic E-state index is 0.